The lowest BCUT2D eigenvalue weighted by molar-refractivity contribution is 0.0953. The van der Waals surface area contributed by atoms with Gasteiger partial charge in [-0.1, -0.05) is 25.1 Å². The van der Waals surface area contributed by atoms with Crippen molar-refractivity contribution in [1.82, 2.24) is 14.5 Å². The van der Waals surface area contributed by atoms with Crippen molar-refractivity contribution in [2.75, 3.05) is 7.11 Å². The van der Waals surface area contributed by atoms with Gasteiger partial charge in [0.25, 0.3) is 5.56 Å². The second-order valence-electron chi connectivity index (χ2n) is 6.94. The molecule has 4 rings (SSSR count). The van der Waals surface area contributed by atoms with E-state index in [2.05, 4.69) is 9.97 Å². The number of ketones is 1. The van der Waals surface area contributed by atoms with Crippen LogP contribution >= 0.6 is 0 Å². The molecule has 2 aromatic heterocycles. The Balaban J connectivity index is 1.97. The number of ether oxygens (including phenoxy) is 1. The van der Waals surface area contributed by atoms with E-state index in [9.17, 15) is 14.4 Å². The molecule has 0 fully saturated rings. The van der Waals surface area contributed by atoms with Gasteiger partial charge in [0.15, 0.2) is 5.78 Å². The van der Waals surface area contributed by atoms with E-state index in [4.69, 9.17) is 4.74 Å². The number of Topliss-reactive ketones (excluding diaryl/α,β-unsaturated/α-hetero) is 1. The Morgan fingerprint density at radius 3 is 2.78 bits per heavy atom. The molecule has 0 unspecified atom stereocenters. The second-order valence-corrected chi connectivity index (χ2v) is 6.94. The van der Waals surface area contributed by atoms with E-state index in [1.165, 1.54) is 10.8 Å². The van der Waals surface area contributed by atoms with Crippen LogP contribution in [0, 0.1) is 5.92 Å². The highest BCUT2D eigenvalue weighted by Crippen LogP contribution is 2.28. The molecule has 0 radical (unpaired) electrons. The third kappa shape index (κ3) is 2.85. The molecule has 138 valence electrons. The lowest BCUT2D eigenvalue weighted by Crippen LogP contribution is -2.33. The van der Waals surface area contributed by atoms with Crippen LogP contribution in [0.4, 0.5) is 0 Å². The highest BCUT2D eigenvalue weighted by Gasteiger charge is 2.27. The van der Waals surface area contributed by atoms with Crippen LogP contribution in [0.2, 0.25) is 0 Å². The lowest BCUT2D eigenvalue weighted by atomic mass is 9.84. The monoisotopic (exact) mass is 365 g/mol. The number of carbonyl (C=O) groups excluding carboxylic acids is 1. The minimum Gasteiger partial charge on any atom is -0.496 e. The maximum Gasteiger partial charge on any atom is 0.330 e. The first kappa shape index (κ1) is 17.2. The molecule has 0 spiro atoms. The fourth-order valence-corrected chi connectivity index (χ4v) is 3.75. The Labute approximate surface area is 154 Å². The molecule has 0 saturated heterocycles. The van der Waals surface area contributed by atoms with E-state index in [1.54, 1.807) is 7.11 Å². The summed E-state index contributed by atoms with van der Waals surface area (Å²) >= 11 is 0. The normalized spacial score (nSPS) is 16.4. The van der Waals surface area contributed by atoms with E-state index >= 15 is 0 Å². The summed E-state index contributed by atoms with van der Waals surface area (Å²) in [6.07, 6.45) is 2.54. The van der Waals surface area contributed by atoms with Gasteiger partial charge in [0.2, 0.25) is 0 Å². The molecule has 7 heteroatoms. The minimum absolute atomic E-state index is 0.0139. The average molecular weight is 365 g/mol. The summed E-state index contributed by atoms with van der Waals surface area (Å²) < 4.78 is 6.77. The average Bonchev–Trinajstić information content (AvgIpc) is 2.64. The maximum absolute atomic E-state index is 12.6. The van der Waals surface area contributed by atoms with Crippen LogP contribution in [0.15, 0.2) is 40.1 Å². The summed E-state index contributed by atoms with van der Waals surface area (Å²) in [5, 5.41) is 0.321. The number of rotatable bonds is 3. The minimum atomic E-state index is -0.541. The van der Waals surface area contributed by atoms with Gasteiger partial charge in [-0.15, -0.1) is 0 Å². The van der Waals surface area contributed by atoms with Gasteiger partial charge in [0.05, 0.1) is 19.0 Å². The first-order valence-corrected chi connectivity index (χ1v) is 8.79. The van der Waals surface area contributed by atoms with Crippen molar-refractivity contribution in [3.8, 4) is 5.75 Å². The zero-order chi connectivity index (χ0) is 19.1. The molecular formula is C20H19N3O4. The van der Waals surface area contributed by atoms with Gasteiger partial charge in [-0.25, -0.2) is 9.78 Å². The first-order chi connectivity index (χ1) is 13.0. The van der Waals surface area contributed by atoms with E-state index < -0.39 is 11.2 Å². The summed E-state index contributed by atoms with van der Waals surface area (Å²) in [7, 11) is 1.56. The van der Waals surface area contributed by atoms with Gasteiger partial charge in [0.1, 0.15) is 11.4 Å². The van der Waals surface area contributed by atoms with Gasteiger partial charge in [-0.2, -0.15) is 0 Å². The number of fused-ring (bicyclic) bond motifs is 3. The van der Waals surface area contributed by atoms with Crippen LogP contribution in [0.1, 0.15) is 34.8 Å². The molecule has 1 aromatic carbocycles. The highest BCUT2D eigenvalue weighted by molar-refractivity contribution is 6.02. The molecule has 27 heavy (non-hydrogen) atoms. The topological polar surface area (TPSA) is 94.1 Å². The Hall–Kier alpha value is -3.22. The fourth-order valence-electron chi connectivity index (χ4n) is 3.75. The number of benzene rings is 1. The van der Waals surface area contributed by atoms with E-state index in [-0.39, 0.29) is 23.9 Å². The fraction of sp³-hybridized carbons (Fsp3) is 0.300. The molecule has 0 saturated carbocycles. The molecule has 0 aliphatic heterocycles. The van der Waals surface area contributed by atoms with Gasteiger partial charge in [-0.3, -0.25) is 19.1 Å². The van der Waals surface area contributed by atoms with E-state index in [1.807, 2.05) is 31.2 Å². The summed E-state index contributed by atoms with van der Waals surface area (Å²) in [5.74, 6) is 0.773. The second kappa shape index (κ2) is 6.50. The van der Waals surface area contributed by atoms with Crippen molar-refractivity contribution in [2.24, 2.45) is 5.92 Å². The molecule has 7 nitrogen and oxygen atoms in total. The molecule has 1 aliphatic carbocycles. The SMILES string of the molecule is COc1ccccc1Cn1c(=O)[nH]c(=O)c2c3c(cnc21)C(=O)C[C@H](C)C3. The number of para-hydroxylation sites is 1. The zero-order valence-corrected chi connectivity index (χ0v) is 15.1. The van der Waals surface area contributed by atoms with Crippen molar-refractivity contribution in [3.63, 3.8) is 0 Å². The predicted molar refractivity (Wildman–Crippen MR) is 101 cm³/mol. The van der Waals surface area contributed by atoms with Gasteiger partial charge >= 0.3 is 5.69 Å². The molecule has 0 amide bonds. The van der Waals surface area contributed by atoms with Crippen LogP contribution in [0.25, 0.3) is 11.0 Å². The molecule has 2 heterocycles. The summed E-state index contributed by atoms with van der Waals surface area (Å²) in [4.78, 5) is 44.1. The third-order valence-electron chi connectivity index (χ3n) is 5.02. The lowest BCUT2D eigenvalue weighted by Gasteiger charge is -2.22. The van der Waals surface area contributed by atoms with E-state index in [0.717, 1.165) is 5.56 Å². The maximum atomic E-state index is 12.6. The summed E-state index contributed by atoms with van der Waals surface area (Å²) in [5.41, 5.74) is 1.20. The molecule has 3 aromatic rings. The number of methoxy groups -OCH3 is 1. The van der Waals surface area contributed by atoms with Gasteiger partial charge in [-0.05, 0) is 24.0 Å². The predicted octanol–water partition coefficient (Wildman–Crippen LogP) is 1.91. The number of nitrogens with one attached hydrogen (secondary N) is 1. The van der Waals surface area contributed by atoms with Crippen LogP contribution in [0.5, 0.6) is 5.75 Å². The number of aromatic amines is 1. The van der Waals surface area contributed by atoms with Crippen molar-refractivity contribution < 1.29 is 9.53 Å². The largest absolute Gasteiger partial charge is 0.496 e. The summed E-state index contributed by atoms with van der Waals surface area (Å²) in [6, 6.07) is 7.36. The number of aromatic nitrogens is 3. The number of hydrogen-bond donors (Lipinski definition) is 1. The Morgan fingerprint density at radius 2 is 2.00 bits per heavy atom. The molecule has 1 N–H and O–H groups in total. The number of carbonyl (C=O) groups is 1. The quantitative estimate of drug-likeness (QED) is 0.765. The summed E-state index contributed by atoms with van der Waals surface area (Å²) in [6.45, 7) is 2.18. The molecule has 1 aliphatic rings. The van der Waals surface area contributed by atoms with Crippen LogP contribution in [0.3, 0.4) is 0 Å². The number of hydrogen-bond acceptors (Lipinski definition) is 5. The van der Waals surface area contributed by atoms with Gasteiger partial charge < -0.3 is 4.74 Å². The third-order valence-corrected chi connectivity index (χ3v) is 5.02. The number of H-pyrrole nitrogens is 1. The van der Waals surface area contributed by atoms with Crippen LogP contribution in [-0.4, -0.2) is 27.4 Å². The van der Waals surface area contributed by atoms with Crippen molar-refractivity contribution in [3.05, 3.63) is 68.0 Å². The zero-order valence-electron chi connectivity index (χ0n) is 15.1. The molecule has 1 atom stereocenters. The standard InChI is InChI=1S/C20H19N3O4/c1-11-7-13-14(15(24)8-11)9-21-18-17(13)19(25)22-20(26)23(18)10-12-5-3-4-6-16(12)27-2/h3-6,9,11H,7-8,10H2,1-2H3,(H,22,25,26)/t11-/m1/s1. The van der Waals surface area contributed by atoms with Crippen LogP contribution < -0.4 is 16.0 Å². The molecular weight excluding hydrogens is 346 g/mol. The Bertz CT molecular complexity index is 1180. The highest BCUT2D eigenvalue weighted by atomic mass is 16.5. The van der Waals surface area contributed by atoms with Crippen molar-refractivity contribution in [2.45, 2.75) is 26.3 Å². The van der Waals surface area contributed by atoms with E-state index in [0.29, 0.717) is 35.1 Å². The van der Waals surface area contributed by atoms with Gasteiger partial charge in [0, 0.05) is 23.7 Å². The van der Waals surface area contributed by atoms with Crippen molar-refractivity contribution >= 4 is 16.8 Å². The number of nitrogens with zero attached hydrogens (tertiary/aromatic N) is 2. The molecule has 0 bridgehead atoms. The Morgan fingerprint density at radius 1 is 1.22 bits per heavy atom. The smallest absolute Gasteiger partial charge is 0.330 e. The van der Waals surface area contributed by atoms with Crippen LogP contribution in [-0.2, 0) is 13.0 Å². The number of pyridine rings is 1. The Kier molecular flexibility index (Phi) is 4.14. The van der Waals surface area contributed by atoms with Crippen molar-refractivity contribution in [1.29, 1.82) is 0 Å². The first-order valence-electron chi connectivity index (χ1n) is 8.79.